The van der Waals surface area contributed by atoms with Gasteiger partial charge in [0.2, 0.25) is 15.9 Å². The Kier molecular flexibility index (Phi) is 5.47. The maximum absolute atomic E-state index is 11.6. The number of nitrogens with two attached hydrogens (primary N) is 2. The summed E-state index contributed by atoms with van der Waals surface area (Å²) >= 11 is 0. The summed E-state index contributed by atoms with van der Waals surface area (Å²) < 4.78 is 21.3. The van der Waals surface area contributed by atoms with Crippen molar-refractivity contribution in [1.29, 1.82) is 0 Å². The molecule has 0 heterocycles. The van der Waals surface area contributed by atoms with Crippen LogP contribution in [-0.4, -0.2) is 39.1 Å². The van der Waals surface area contributed by atoms with Gasteiger partial charge in [-0.1, -0.05) is 0 Å². The molecular weight excluding hydrogens is 284 g/mol. The van der Waals surface area contributed by atoms with Gasteiger partial charge in [0.15, 0.2) is 0 Å². The van der Waals surface area contributed by atoms with Crippen LogP contribution in [-0.2, 0) is 14.8 Å². The SMILES string of the molecule is Nc1ccc(C(=O)NCC(=O)NCCS(N)(=O)=O)cc1. The fourth-order valence-electron chi connectivity index (χ4n) is 1.29. The largest absolute Gasteiger partial charge is 0.399 e. The van der Waals surface area contributed by atoms with Crippen LogP contribution in [0.2, 0.25) is 0 Å². The predicted molar refractivity (Wildman–Crippen MR) is 74.2 cm³/mol. The standard InChI is InChI=1S/C11H16N4O4S/c12-9-3-1-8(2-4-9)11(17)15-7-10(16)14-5-6-20(13,18)19/h1-4H,5-7,12H2,(H,14,16)(H,15,17)(H2,13,18,19). The molecule has 0 saturated heterocycles. The molecule has 110 valence electrons. The van der Waals surface area contributed by atoms with Crippen LogP contribution in [0.4, 0.5) is 5.69 Å². The number of hydrogen-bond donors (Lipinski definition) is 4. The first-order chi connectivity index (χ1) is 9.28. The molecule has 0 fully saturated rings. The number of amides is 2. The highest BCUT2D eigenvalue weighted by atomic mass is 32.2. The number of rotatable bonds is 6. The Morgan fingerprint density at radius 3 is 2.25 bits per heavy atom. The van der Waals surface area contributed by atoms with Crippen molar-refractivity contribution in [3.63, 3.8) is 0 Å². The second-order valence-electron chi connectivity index (χ2n) is 4.02. The summed E-state index contributed by atoms with van der Waals surface area (Å²) in [5.74, 6) is -1.28. The summed E-state index contributed by atoms with van der Waals surface area (Å²) in [6.45, 7) is -0.358. The molecule has 2 amide bonds. The summed E-state index contributed by atoms with van der Waals surface area (Å²) in [7, 11) is -3.61. The van der Waals surface area contributed by atoms with E-state index in [4.69, 9.17) is 10.9 Å². The highest BCUT2D eigenvalue weighted by Crippen LogP contribution is 2.04. The van der Waals surface area contributed by atoms with Gasteiger partial charge < -0.3 is 16.4 Å². The van der Waals surface area contributed by atoms with Gasteiger partial charge in [0.25, 0.3) is 5.91 Å². The second kappa shape index (κ2) is 6.87. The Morgan fingerprint density at radius 1 is 1.10 bits per heavy atom. The number of benzene rings is 1. The van der Waals surface area contributed by atoms with Crippen LogP contribution in [0.3, 0.4) is 0 Å². The van der Waals surface area contributed by atoms with Crippen molar-refractivity contribution in [1.82, 2.24) is 10.6 Å². The van der Waals surface area contributed by atoms with Gasteiger partial charge in [0.1, 0.15) is 0 Å². The predicted octanol–water partition coefficient (Wildman–Crippen LogP) is -1.60. The smallest absolute Gasteiger partial charge is 0.251 e. The van der Waals surface area contributed by atoms with E-state index in [1.54, 1.807) is 12.1 Å². The molecule has 9 heteroatoms. The van der Waals surface area contributed by atoms with Gasteiger partial charge in [0, 0.05) is 17.8 Å². The summed E-state index contributed by atoms with van der Waals surface area (Å²) in [5.41, 5.74) is 6.39. The highest BCUT2D eigenvalue weighted by molar-refractivity contribution is 7.89. The van der Waals surface area contributed by atoms with Crippen LogP contribution in [0.1, 0.15) is 10.4 Å². The third kappa shape index (κ3) is 6.16. The van der Waals surface area contributed by atoms with E-state index in [1.807, 2.05) is 0 Å². The summed E-state index contributed by atoms with van der Waals surface area (Å²) in [6.07, 6.45) is 0. The van der Waals surface area contributed by atoms with Gasteiger partial charge in [-0.15, -0.1) is 0 Å². The zero-order valence-electron chi connectivity index (χ0n) is 10.6. The van der Waals surface area contributed by atoms with Crippen molar-refractivity contribution >= 4 is 27.5 Å². The average molecular weight is 300 g/mol. The molecule has 6 N–H and O–H groups in total. The lowest BCUT2D eigenvalue weighted by molar-refractivity contribution is -0.120. The van der Waals surface area contributed by atoms with Crippen LogP contribution >= 0.6 is 0 Å². The maximum Gasteiger partial charge on any atom is 0.251 e. The first-order valence-electron chi connectivity index (χ1n) is 5.69. The lowest BCUT2D eigenvalue weighted by Crippen LogP contribution is -2.39. The number of carbonyl (C=O) groups is 2. The molecule has 0 aliphatic carbocycles. The van der Waals surface area contributed by atoms with Crippen LogP contribution < -0.4 is 21.5 Å². The molecule has 1 aromatic rings. The first-order valence-corrected chi connectivity index (χ1v) is 7.40. The first kappa shape index (κ1) is 15.9. The normalized spacial score (nSPS) is 10.8. The topological polar surface area (TPSA) is 144 Å². The third-order valence-corrected chi connectivity index (χ3v) is 3.06. The van der Waals surface area contributed by atoms with E-state index in [0.29, 0.717) is 11.3 Å². The summed E-state index contributed by atoms with van der Waals surface area (Å²) in [4.78, 5) is 23.0. The lowest BCUT2D eigenvalue weighted by Gasteiger charge is -2.06. The molecule has 20 heavy (non-hydrogen) atoms. The molecule has 0 unspecified atom stereocenters. The molecule has 0 radical (unpaired) electrons. The minimum Gasteiger partial charge on any atom is -0.399 e. The minimum absolute atomic E-state index is 0.102. The van der Waals surface area contributed by atoms with E-state index in [1.165, 1.54) is 12.1 Å². The number of carbonyl (C=O) groups excluding carboxylic acids is 2. The number of sulfonamides is 1. The minimum atomic E-state index is -3.61. The third-order valence-electron chi connectivity index (χ3n) is 2.29. The average Bonchev–Trinajstić information content (AvgIpc) is 2.35. The number of nitrogen functional groups attached to an aromatic ring is 1. The molecule has 1 aromatic carbocycles. The van der Waals surface area contributed by atoms with Crippen molar-refractivity contribution < 1.29 is 18.0 Å². The monoisotopic (exact) mass is 300 g/mol. The van der Waals surface area contributed by atoms with Crippen LogP contribution in [0, 0.1) is 0 Å². The van der Waals surface area contributed by atoms with Crippen LogP contribution in [0.15, 0.2) is 24.3 Å². The molecule has 0 atom stereocenters. The summed E-state index contributed by atoms with van der Waals surface area (Å²) in [6, 6.07) is 6.20. The zero-order chi connectivity index (χ0) is 15.2. The molecule has 8 nitrogen and oxygen atoms in total. The van der Waals surface area contributed by atoms with Gasteiger partial charge in [-0.25, -0.2) is 13.6 Å². The lowest BCUT2D eigenvalue weighted by atomic mass is 10.2. The Balaban J connectivity index is 2.34. The van der Waals surface area contributed by atoms with E-state index < -0.39 is 21.8 Å². The molecule has 0 aliphatic rings. The number of nitrogens with one attached hydrogen (secondary N) is 2. The van der Waals surface area contributed by atoms with E-state index in [2.05, 4.69) is 10.6 Å². The van der Waals surface area contributed by atoms with E-state index >= 15 is 0 Å². The molecule has 0 saturated carbocycles. The van der Waals surface area contributed by atoms with Crippen molar-refractivity contribution in [2.45, 2.75) is 0 Å². The van der Waals surface area contributed by atoms with Crippen molar-refractivity contribution in [3.05, 3.63) is 29.8 Å². The number of hydrogen-bond acceptors (Lipinski definition) is 5. The Hall–Kier alpha value is -2.13. The number of anilines is 1. The van der Waals surface area contributed by atoms with E-state index in [-0.39, 0.29) is 18.8 Å². The van der Waals surface area contributed by atoms with Crippen LogP contribution in [0.5, 0.6) is 0 Å². The fraction of sp³-hybridized carbons (Fsp3) is 0.273. The van der Waals surface area contributed by atoms with E-state index in [9.17, 15) is 18.0 Å². The second-order valence-corrected chi connectivity index (χ2v) is 5.76. The summed E-state index contributed by atoms with van der Waals surface area (Å²) in [5, 5.41) is 9.49. The van der Waals surface area contributed by atoms with Crippen molar-refractivity contribution in [2.75, 3.05) is 24.6 Å². The van der Waals surface area contributed by atoms with Gasteiger partial charge in [-0.05, 0) is 24.3 Å². The van der Waals surface area contributed by atoms with Crippen LogP contribution in [0.25, 0.3) is 0 Å². The fourth-order valence-corrected chi connectivity index (χ4v) is 1.68. The quantitative estimate of drug-likeness (QED) is 0.468. The molecule has 1 rings (SSSR count). The molecular formula is C11H16N4O4S. The molecule has 0 aliphatic heterocycles. The Labute approximate surface area is 116 Å². The van der Waals surface area contributed by atoms with Gasteiger partial charge in [0.05, 0.1) is 12.3 Å². The Bertz CT molecular complexity index is 583. The molecule has 0 bridgehead atoms. The molecule has 0 spiro atoms. The van der Waals surface area contributed by atoms with Gasteiger partial charge >= 0.3 is 0 Å². The van der Waals surface area contributed by atoms with Crippen molar-refractivity contribution in [3.8, 4) is 0 Å². The molecule has 0 aromatic heterocycles. The zero-order valence-corrected chi connectivity index (χ0v) is 11.4. The highest BCUT2D eigenvalue weighted by Gasteiger charge is 2.08. The Morgan fingerprint density at radius 2 is 1.70 bits per heavy atom. The van der Waals surface area contributed by atoms with Crippen molar-refractivity contribution in [2.24, 2.45) is 5.14 Å². The van der Waals surface area contributed by atoms with E-state index in [0.717, 1.165) is 0 Å². The number of primary sulfonamides is 1. The maximum atomic E-state index is 11.6. The van der Waals surface area contributed by atoms with Gasteiger partial charge in [-0.3, -0.25) is 9.59 Å². The van der Waals surface area contributed by atoms with Gasteiger partial charge in [-0.2, -0.15) is 0 Å².